The molecule has 0 aromatic rings. The fourth-order valence-electron chi connectivity index (χ4n) is 1.19. The maximum absolute atomic E-state index is 11.3. The van der Waals surface area contributed by atoms with Crippen molar-refractivity contribution < 1.29 is 4.79 Å². The van der Waals surface area contributed by atoms with Crippen LogP contribution in [0.3, 0.4) is 0 Å². The van der Waals surface area contributed by atoms with E-state index in [-0.39, 0.29) is 11.3 Å². The van der Waals surface area contributed by atoms with Gasteiger partial charge in [-0.05, 0) is 24.3 Å². The quantitative estimate of drug-likeness (QED) is 0.662. The molecule has 1 amide bonds. The van der Waals surface area contributed by atoms with Crippen molar-refractivity contribution in [1.82, 2.24) is 4.90 Å². The second-order valence-corrected chi connectivity index (χ2v) is 4.24. The Kier molecular flexibility index (Phi) is 5.26. The molecule has 0 aliphatic rings. The lowest BCUT2D eigenvalue weighted by Crippen LogP contribution is -2.41. The van der Waals surface area contributed by atoms with Gasteiger partial charge in [-0.25, -0.2) is 0 Å². The lowest BCUT2D eigenvalue weighted by atomic mass is 9.93. The number of hydrogen-bond donors (Lipinski definition) is 1. The van der Waals surface area contributed by atoms with Gasteiger partial charge in [-0.15, -0.1) is 6.42 Å². The number of nitrogens with two attached hydrogens (primary N) is 1. The van der Waals surface area contributed by atoms with Crippen LogP contribution in [0.25, 0.3) is 0 Å². The molecule has 0 bridgehead atoms. The third-order valence-corrected chi connectivity index (χ3v) is 2.08. The van der Waals surface area contributed by atoms with Gasteiger partial charge in [-0.3, -0.25) is 4.79 Å². The summed E-state index contributed by atoms with van der Waals surface area (Å²) in [5.41, 5.74) is 5.53. The Hall–Kier alpha value is -1.01. The summed E-state index contributed by atoms with van der Waals surface area (Å²) in [5.74, 6) is 1.90. The Morgan fingerprint density at radius 2 is 2.14 bits per heavy atom. The molecular formula is C11H20N2O. The molecule has 0 aliphatic heterocycles. The van der Waals surface area contributed by atoms with Gasteiger partial charge in [0.25, 0.3) is 5.91 Å². The molecule has 3 nitrogen and oxygen atoms in total. The molecule has 0 spiro atoms. The molecule has 0 rings (SSSR count). The minimum Gasteiger partial charge on any atom is -0.331 e. The van der Waals surface area contributed by atoms with E-state index in [1.165, 1.54) is 0 Å². The number of terminal acetylenes is 1. The fraction of sp³-hybridized carbons (Fsp3) is 0.727. The molecule has 0 heterocycles. The molecule has 2 N–H and O–H groups in total. The Balaban J connectivity index is 4.38. The highest BCUT2D eigenvalue weighted by molar-refractivity contribution is 5.92. The number of carbonyl (C=O) groups excluding carboxylic acids is 1. The van der Waals surface area contributed by atoms with Crippen LogP contribution in [0, 0.1) is 17.8 Å². The molecule has 3 heteroatoms. The van der Waals surface area contributed by atoms with Crippen molar-refractivity contribution in [2.75, 3.05) is 19.6 Å². The molecule has 0 saturated heterocycles. The first-order valence-corrected chi connectivity index (χ1v) is 4.92. The largest absolute Gasteiger partial charge is 0.331 e. The van der Waals surface area contributed by atoms with Gasteiger partial charge >= 0.3 is 0 Å². The van der Waals surface area contributed by atoms with E-state index in [9.17, 15) is 4.79 Å². The Morgan fingerprint density at radius 1 is 1.57 bits per heavy atom. The van der Waals surface area contributed by atoms with Gasteiger partial charge in [0.1, 0.15) is 0 Å². The van der Waals surface area contributed by atoms with Crippen molar-refractivity contribution in [2.24, 2.45) is 11.1 Å². The highest BCUT2D eigenvalue weighted by Crippen LogP contribution is 2.15. The van der Waals surface area contributed by atoms with E-state index in [0.29, 0.717) is 19.6 Å². The van der Waals surface area contributed by atoms with E-state index in [0.717, 1.165) is 6.42 Å². The van der Waals surface area contributed by atoms with Crippen molar-refractivity contribution in [3.05, 3.63) is 0 Å². The summed E-state index contributed by atoms with van der Waals surface area (Å²) in [6, 6.07) is 0. The summed E-state index contributed by atoms with van der Waals surface area (Å²) in [4.78, 5) is 13.0. The summed E-state index contributed by atoms with van der Waals surface area (Å²) < 4.78 is 0. The fourth-order valence-corrected chi connectivity index (χ4v) is 1.19. The lowest BCUT2D eigenvalue weighted by molar-refractivity contribution is -0.126. The Morgan fingerprint density at radius 3 is 2.50 bits per heavy atom. The van der Waals surface area contributed by atoms with Crippen LogP contribution in [0.1, 0.15) is 27.2 Å². The molecule has 0 unspecified atom stereocenters. The zero-order chi connectivity index (χ0) is 11.2. The molecule has 0 aromatic heterocycles. The molecule has 0 fully saturated rings. The van der Waals surface area contributed by atoms with Crippen LogP contribution in [0.4, 0.5) is 0 Å². The van der Waals surface area contributed by atoms with Gasteiger partial charge in [-0.1, -0.05) is 20.8 Å². The van der Waals surface area contributed by atoms with Crippen LogP contribution < -0.4 is 5.73 Å². The summed E-state index contributed by atoms with van der Waals surface area (Å²) in [7, 11) is 0. The summed E-state index contributed by atoms with van der Waals surface area (Å²) in [6.07, 6.45) is 6.00. The maximum atomic E-state index is 11.3. The van der Waals surface area contributed by atoms with Crippen molar-refractivity contribution in [1.29, 1.82) is 0 Å². The maximum Gasteiger partial charge on any atom is 0.298 e. The molecule has 0 atom stereocenters. The monoisotopic (exact) mass is 196 g/mol. The molecule has 0 saturated carbocycles. The molecule has 0 aromatic carbocycles. The minimum atomic E-state index is -0.242. The number of amides is 1. The van der Waals surface area contributed by atoms with Crippen LogP contribution in [0.15, 0.2) is 0 Å². The van der Waals surface area contributed by atoms with E-state index >= 15 is 0 Å². The van der Waals surface area contributed by atoms with Gasteiger partial charge in [0, 0.05) is 13.1 Å². The predicted molar refractivity (Wildman–Crippen MR) is 58.5 cm³/mol. The predicted octanol–water partition coefficient (Wildman–Crippen LogP) is 0.843. The van der Waals surface area contributed by atoms with E-state index in [4.69, 9.17) is 12.2 Å². The van der Waals surface area contributed by atoms with Crippen molar-refractivity contribution in [2.45, 2.75) is 27.2 Å². The van der Waals surface area contributed by atoms with E-state index < -0.39 is 0 Å². The summed E-state index contributed by atoms with van der Waals surface area (Å²) in [5, 5.41) is 0. The highest BCUT2D eigenvalue weighted by Gasteiger charge is 2.22. The molecule has 14 heavy (non-hydrogen) atoms. The summed E-state index contributed by atoms with van der Waals surface area (Å²) >= 11 is 0. The van der Waals surface area contributed by atoms with Gasteiger partial charge < -0.3 is 10.6 Å². The number of carbonyl (C=O) groups is 1. The minimum absolute atomic E-state index is 0.0678. The number of nitrogens with zero attached hydrogens (tertiary/aromatic N) is 1. The van der Waals surface area contributed by atoms with Crippen LogP contribution in [-0.2, 0) is 4.79 Å². The third kappa shape index (κ3) is 4.29. The van der Waals surface area contributed by atoms with E-state index in [1.54, 1.807) is 4.90 Å². The highest BCUT2D eigenvalue weighted by atomic mass is 16.2. The third-order valence-electron chi connectivity index (χ3n) is 2.08. The Labute approximate surface area is 86.6 Å². The average molecular weight is 196 g/mol. The smallest absolute Gasteiger partial charge is 0.298 e. The number of rotatable bonds is 5. The second-order valence-electron chi connectivity index (χ2n) is 4.24. The first kappa shape index (κ1) is 13.0. The first-order chi connectivity index (χ1) is 6.46. The van der Waals surface area contributed by atoms with Crippen LogP contribution >= 0.6 is 0 Å². The van der Waals surface area contributed by atoms with Crippen molar-refractivity contribution in [3.8, 4) is 12.3 Å². The van der Waals surface area contributed by atoms with E-state index in [2.05, 4.69) is 5.92 Å². The standard InChI is InChI=1S/C11H20N2O/c1-5-7-13(10(14)6-2)9-11(3,4)8-12/h2H,5,7-9,12H2,1,3-4H3. The van der Waals surface area contributed by atoms with Crippen molar-refractivity contribution >= 4 is 5.91 Å². The Bertz CT molecular complexity index is 228. The SMILES string of the molecule is C#CC(=O)N(CCC)CC(C)(C)CN. The number of hydrogen-bond acceptors (Lipinski definition) is 2. The molecular weight excluding hydrogens is 176 g/mol. The van der Waals surface area contributed by atoms with Crippen LogP contribution in [0.2, 0.25) is 0 Å². The van der Waals surface area contributed by atoms with Gasteiger partial charge in [0.2, 0.25) is 0 Å². The zero-order valence-electron chi connectivity index (χ0n) is 9.34. The average Bonchev–Trinajstić information content (AvgIpc) is 2.16. The molecule has 0 radical (unpaired) electrons. The molecule has 80 valence electrons. The molecule has 0 aliphatic carbocycles. The summed E-state index contributed by atoms with van der Waals surface area (Å²) in [6.45, 7) is 7.95. The van der Waals surface area contributed by atoms with Gasteiger partial charge in [-0.2, -0.15) is 0 Å². The normalized spacial score (nSPS) is 10.8. The van der Waals surface area contributed by atoms with Crippen LogP contribution in [-0.4, -0.2) is 30.4 Å². The topological polar surface area (TPSA) is 46.3 Å². The van der Waals surface area contributed by atoms with Crippen molar-refractivity contribution in [3.63, 3.8) is 0 Å². The van der Waals surface area contributed by atoms with Crippen LogP contribution in [0.5, 0.6) is 0 Å². The van der Waals surface area contributed by atoms with E-state index in [1.807, 2.05) is 20.8 Å². The lowest BCUT2D eigenvalue weighted by Gasteiger charge is -2.30. The van der Waals surface area contributed by atoms with Gasteiger partial charge in [0.15, 0.2) is 0 Å². The second kappa shape index (κ2) is 5.66. The first-order valence-electron chi connectivity index (χ1n) is 4.92. The van der Waals surface area contributed by atoms with Gasteiger partial charge in [0.05, 0.1) is 0 Å². The zero-order valence-corrected chi connectivity index (χ0v) is 9.34.